The lowest BCUT2D eigenvalue weighted by atomic mass is 10.2. The normalized spacial score (nSPS) is 13.7. The number of aromatic nitrogens is 2. The van der Waals surface area contributed by atoms with Crippen molar-refractivity contribution in [2.45, 2.75) is 25.1 Å². The highest BCUT2D eigenvalue weighted by Gasteiger charge is 2.13. The third-order valence-electron chi connectivity index (χ3n) is 1.71. The van der Waals surface area contributed by atoms with Crippen LogP contribution in [0.1, 0.15) is 25.5 Å². The van der Waals surface area contributed by atoms with E-state index in [4.69, 9.17) is 4.18 Å². The summed E-state index contributed by atoms with van der Waals surface area (Å²) in [6.45, 7) is 3.66. The highest BCUT2D eigenvalue weighted by Crippen LogP contribution is 2.18. The Kier molecular flexibility index (Phi) is 4.69. The summed E-state index contributed by atoms with van der Waals surface area (Å²) in [5.74, 6) is 0.898. The summed E-state index contributed by atoms with van der Waals surface area (Å²) in [4.78, 5) is 8.19. The topological polar surface area (TPSA) is 69.2 Å². The van der Waals surface area contributed by atoms with Crippen LogP contribution in [0.5, 0.6) is 0 Å². The van der Waals surface area contributed by atoms with Gasteiger partial charge in [0, 0.05) is 18.0 Å². The Labute approximate surface area is 99.8 Å². The smallest absolute Gasteiger partial charge is 0.262 e. The van der Waals surface area contributed by atoms with Gasteiger partial charge in [-0.2, -0.15) is 8.42 Å². The van der Waals surface area contributed by atoms with E-state index in [1.54, 1.807) is 19.3 Å². The molecule has 1 unspecified atom stereocenters. The minimum Gasteiger partial charge on any atom is -0.262 e. The van der Waals surface area contributed by atoms with Gasteiger partial charge in [-0.25, -0.2) is 9.97 Å². The summed E-state index contributed by atoms with van der Waals surface area (Å²) in [7, 11) is -3.45. The fourth-order valence-corrected chi connectivity index (χ4v) is 2.21. The first-order valence-electron chi connectivity index (χ1n) is 4.75. The predicted molar refractivity (Wildman–Crippen MR) is 62.8 cm³/mol. The Balaban J connectivity index is 2.74. The molecule has 0 saturated heterocycles. The fraction of sp³-hybridized carbons (Fsp3) is 0.556. The van der Waals surface area contributed by atoms with Crippen LogP contribution in [-0.4, -0.2) is 30.4 Å². The van der Waals surface area contributed by atoms with Crippen LogP contribution in [0.25, 0.3) is 0 Å². The van der Waals surface area contributed by atoms with E-state index in [-0.39, 0.29) is 0 Å². The molecule has 0 bridgehead atoms. The number of hydrogen-bond donors (Lipinski definition) is 0. The highest BCUT2D eigenvalue weighted by molar-refractivity contribution is 7.99. The van der Waals surface area contributed by atoms with Crippen molar-refractivity contribution in [1.82, 2.24) is 9.97 Å². The van der Waals surface area contributed by atoms with Gasteiger partial charge in [-0.15, -0.1) is 0 Å². The van der Waals surface area contributed by atoms with Gasteiger partial charge in [0.25, 0.3) is 10.1 Å². The zero-order valence-electron chi connectivity index (χ0n) is 9.37. The summed E-state index contributed by atoms with van der Waals surface area (Å²) < 4.78 is 26.6. The second-order valence-corrected chi connectivity index (χ2v) is 6.01. The average Bonchev–Trinajstić information content (AvgIpc) is 2.16. The Morgan fingerprint density at radius 3 is 2.44 bits per heavy atom. The van der Waals surface area contributed by atoms with Gasteiger partial charge < -0.3 is 0 Å². The van der Waals surface area contributed by atoms with Crippen LogP contribution < -0.4 is 0 Å². The molecule has 0 aromatic carbocycles. The molecule has 7 heteroatoms. The van der Waals surface area contributed by atoms with Crippen LogP contribution in [0.15, 0.2) is 17.6 Å². The molecule has 1 aromatic rings. The molecule has 0 aliphatic heterocycles. The highest BCUT2D eigenvalue weighted by atomic mass is 32.2. The molecule has 0 N–H and O–H groups in total. The standard InChI is InChI=1S/C9H14N2O3S2/c1-4-15-9-10-5-8(6-11-9)7(2)14-16(3,12)13/h5-7H,4H2,1-3H3. The van der Waals surface area contributed by atoms with Crippen molar-refractivity contribution in [3.63, 3.8) is 0 Å². The summed E-state index contributed by atoms with van der Waals surface area (Å²) in [6, 6.07) is 0. The minimum absolute atomic E-state index is 0.560. The molecule has 0 fully saturated rings. The van der Waals surface area contributed by atoms with Crippen molar-refractivity contribution in [2.75, 3.05) is 12.0 Å². The second kappa shape index (κ2) is 5.60. The van der Waals surface area contributed by atoms with E-state index in [9.17, 15) is 8.42 Å². The maximum Gasteiger partial charge on any atom is 0.264 e. The molecule has 1 heterocycles. The van der Waals surface area contributed by atoms with E-state index in [1.165, 1.54) is 11.8 Å². The first kappa shape index (κ1) is 13.4. The van der Waals surface area contributed by atoms with Crippen molar-refractivity contribution >= 4 is 21.9 Å². The minimum atomic E-state index is -3.45. The Hall–Kier alpha value is -0.660. The molecule has 0 aliphatic rings. The van der Waals surface area contributed by atoms with Gasteiger partial charge in [-0.3, -0.25) is 4.18 Å². The van der Waals surface area contributed by atoms with Gasteiger partial charge in [-0.05, 0) is 12.7 Å². The van der Waals surface area contributed by atoms with E-state index in [2.05, 4.69) is 9.97 Å². The van der Waals surface area contributed by atoms with Gasteiger partial charge in [0.2, 0.25) is 0 Å². The fourth-order valence-electron chi connectivity index (χ4n) is 1.06. The molecular weight excluding hydrogens is 248 g/mol. The van der Waals surface area contributed by atoms with Crippen LogP contribution in [0.4, 0.5) is 0 Å². The predicted octanol–water partition coefficient (Wildman–Crippen LogP) is 1.63. The van der Waals surface area contributed by atoms with Crippen LogP contribution in [0.3, 0.4) is 0 Å². The molecule has 0 radical (unpaired) electrons. The zero-order valence-corrected chi connectivity index (χ0v) is 11.0. The Morgan fingerprint density at radius 1 is 1.44 bits per heavy atom. The van der Waals surface area contributed by atoms with Crippen LogP contribution in [0.2, 0.25) is 0 Å². The Bertz CT molecular complexity index is 431. The third-order valence-corrected chi connectivity index (χ3v) is 3.11. The molecule has 1 rings (SSSR count). The van der Waals surface area contributed by atoms with Gasteiger partial charge in [0.05, 0.1) is 6.26 Å². The van der Waals surface area contributed by atoms with Gasteiger partial charge in [0.15, 0.2) is 5.16 Å². The van der Waals surface area contributed by atoms with Gasteiger partial charge in [-0.1, -0.05) is 18.7 Å². The van der Waals surface area contributed by atoms with E-state index < -0.39 is 16.2 Å². The molecule has 1 aromatic heterocycles. The maximum atomic E-state index is 10.9. The lowest BCUT2D eigenvalue weighted by Crippen LogP contribution is -2.08. The van der Waals surface area contributed by atoms with E-state index in [1.807, 2.05) is 6.92 Å². The first-order valence-corrected chi connectivity index (χ1v) is 7.55. The zero-order chi connectivity index (χ0) is 12.2. The molecule has 90 valence electrons. The lowest BCUT2D eigenvalue weighted by Gasteiger charge is -2.10. The molecular formula is C9H14N2O3S2. The van der Waals surface area contributed by atoms with Crippen molar-refractivity contribution in [1.29, 1.82) is 0 Å². The third kappa shape index (κ3) is 4.46. The first-order chi connectivity index (χ1) is 7.42. The van der Waals surface area contributed by atoms with E-state index in [0.29, 0.717) is 10.7 Å². The molecule has 0 aliphatic carbocycles. The molecule has 0 saturated carbocycles. The van der Waals surface area contributed by atoms with Crippen molar-refractivity contribution in [3.05, 3.63) is 18.0 Å². The largest absolute Gasteiger partial charge is 0.264 e. The molecule has 0 spiro atoms. The molecule has 16 heavy (non-hydrogen) atoms. The summed E-state index contributed by atoms with van der Waals surface area (Å²) in [5.41, 5.74) is 0.644. The molecule has 0 amide bonds. The SMILES string of the molecule is CCSc1ncc(C(C)OS(C)(=O)=O)cn1. The molecule has 5 nitrogen and oxygen atoms in total. The van der Waals surface area contributed by atoms with Crippen LogP contribution in [-0.2, 0) is 14.3 Å². The monoisotopic (exact) mass is 262 g/mol. The van der Waals surface area contributed by atoms with Crippen LogP contribution >= 0.6 is 11.8 Å². The molecule has 1 atom stereocenters. The number of rotatable bonds is 5. The summed E-state index contributed by atoms with van der Waals surface area (Å²) >= 11 is 1.53. The second-order valence-electron chi connectivity index (χ2n) is 3.17. The lowest BCUT2D eigenvalue weighted by molar-refractivity contribution is 0.235. The van der Waals surface area contributed by atoms with E-state index in [0.717, 1.165) is 12.0 Å². The van der Waals surface area contributed by atoms with Gasteiger partial charge in [0.1, 0.15) is 6.10 Å². The summed E-state index contributed by atoms with van der Waals surface area (Å²) in [5, 5.41) is 0.679. The quantitative estimate of drug-likeness (QED) is 0.456. The van der Waals surface area contributed by atoms with E-state index >= 15 is 0 Å². The number of nitrogens with zero attached hydrogens (tertiary/aromatic N) is 2. The number of hydrogen-bond acceptors (Lipinski definition) is 6. The van der Waals surface area contributed by atoms with Crippen molar-refractivity contribution < 1.29 is 12.6 Å². The summed E-state index contributed by atoms with van der Waals surface area (Å²) in [6.07, 6.45) is 3.63. The van der Waals surface area contributed by atoms with Crippen LogP contribution in [0, 0.1) is 0 Å². The van der Waals surface area contributed by atoms with Gasteiger partial charge >= 0.3 is 0 Å². The number of thioether (sulfide) groups is 1. The van der Waals surface area contributed by atoms with Crippen molar-refractivity contribution in [2.24, 2.45) is 0 Å². The maximum absolute atomic E-state index is 10.9. The average molecular weight is 262 g/mol. The Morgan fingerprint density at radius 2 is 2.00 bits per heavy atom. The van der Waals surface area contributed by atoms with Crippen molar-refractivity contribution in [3.8, 4) is 0 Å².